The van der Waals surface area contributed by atoms with E-state index in [4.69, 9.17) is 5.11 Å². The fraction of sp³-hybridized carbons (Fsp3) is 0.727. The summed E-state index contributed by atoms with van der Waals surface area (Å²) in [6.45, 7) is 5.97. The average Bonchev–Trinajstić information content (AvgIpc) is 2.34. The Morgan fingerprint density at radius 3 is 2.31 bits per heavy atom. The zero-order valence-electron chi connectivity index (χ0n) is 10.2. The van der Waals surface area contributed by atoms with Crippen molar-refractivity contribution in [2.75, 3.05) is 20.1 Å². The molecule has 1 heterocycles. The van der Waals surface area contributed by atoms with Crippen molar-refractivity contribution in [2.24, 2.45) is 5.92 Å². The molecule has 2 N–H and O–H groups in total. The molecule has 1 rings (SSSR count). The van der Waals surface area contributed by atoms with Gasteiger partial charge >= 0.3 is 0 Å². The minimum Gasteiger partial charge on any atom is -0.515 e. The highest BCUT2D eigenvalue weighted by Gasteiger charge is 2.24. The van der Waals surface area contributed by atoms with Gasteiger partial charge in [-0.2, -0.15) is 0 Å². The molecule has 16 heavy (non-hydrogen) atoms. The standard InChI is InChI=1S/C9H15IN2O2.C2H6/c1-12-4-2-7(3-5-12)8(6-13)9(14)11-10;1-2/h6-7,13H,2-5H2,1H3,(H,11,14);1-2H3/b8-6-;. The van der Waals surface area contributed by atoms with Crippen molar-refractivity contribution in [1.82, 2.24) is 8.43 Å². The van der Waals surface area contributed by atoms with Gasteiger partial charge < -0.3 is 10.0 Å². The first-order valence-corrected chi connectivity index (χ1v) is 6.70. The van der Waals surface area contributed by atoms with E-state index < -0.39 is 0 Å². The third-order valence-electron chi connectivity index (χ3n) is 2.65. The van der Waals surface area contributed by atoms with Crippen molar-refractivity contribution >= 4 is 28.8 Å². The summed E-state index contributed by atoms with van der Waals surface area (Å²) in [7, 11) is 2.07. The second kappa shape index (κ2) is 8.81. The first-order valence-electron chi connectivity index (χ1n) is 5.62. The van der Waals surface area contributed by atoms with Crippen LogP contribution in [-0.2, 0) is 4.79 Å². The van der Waals surface area contributed by atoms with Crippen LogP contribution in [0.5, 0.6) is 0 Å². The maximum Gasteiger partial charge on any atom is 0.259 e. The SMILES string of the molecule is CC.CN1CCC(/C(=C/O)C(=O)NI)CC1. The van der Waals surface area contributed by atoms with Crippen LogP contribution in [0.2, 0.25) is 0 Å². The highest BCUT2D eigenvalue weighted by atomic mass is 127. The Hall–Kier alpha value is -0.300. The van der Waals surface area contributed by atoms with Crippen molar-refractivity contribution in [1.29, 1.82) is 0 Å². The number of rotatable bonds is 2. The molecular formula is C11H21IN2O2. The summed E-state index contributed by atoms with van der Waals surface area (Å²) in [5.41, 5.74) is 0.507. The maximum absolute atomic E-state index is 11.4. The first-order chi connectivity index (χ1) is 7.69. The average molecular weight is 340 g/mol. The quantitative estimate of drug-likeness (QED) is 0.351. The fourth-order valence-corrected chi connectivity index (χ4v) is 2.03. The van der Waals surface area contributed by atoms with Crippen molar-refractivity contribution in [3.8, 4) is 0 Å². The lowest BCUT2D eigenvalue weighted by Crippen LogP contribution is -2.33. The Morgan fingerprint density at radius 1 is 1.44 bits per heavy atom. The Morgan fingerprint density at radius 2 is 1.94 bits per heavy atom. The van der Waals surface area contributed by atoms with Gasteiger partial charge in [-0.3, -0.25) is 8.32 Å². The number of carbonyl (C=O) groups is 1. The number of nitrogens with zero attached hydrogens (tertiary/aromatic N) is 1. The van der Waals surface area contributed by atoms with Gasteiger partial charge in [-0.15, -0.1) is 0 Å². The molecule has 0 radical (unpaired) electrons. The second-order valence-corrected chi connectivity index (χ2v) is 4.12. The molecule has 0 saturated carbocycles. The van der Waals surface area contributed by atoms with Crippen molar-refractivity contribution < 1.29 is 9.90 Å². The van der Waals surface area contributed by atoms with E-state index in [0.717, 1.165) is 32.2 Å². The van der Waals surface area contributed by atoms with Crippen LogP contribution in [0.25, 0.3) is 0 Å². The Balaban J connectivity index is 0.00000106. The van der Waals surface area contributed by atoms with Crippen molar-refractivity contribution in [3.63, 3.8) is 0 Å². The van der Waals surface area contributed by atoms with Crippen LogP contribution < -0.4 is 3.53 Å². The third-order valence-corrected chi connectivity index (χ3v) is 3.14. The number of carbonyl (C=O) groups excluding carboxylic acids is 1. The van der Waals surface area contributed by atoms with E-state index in [1.54, 1.807) is 22.9 Å². The number of hydrogen-bond acceptors (Lipinski definition) is 3. The van der Waals surface area contributed by atoms with Crippen LogP contribution >= 0.6 is 22.9 Å². The van der Waals surface area contributed by atoms with Gasteiger partial charge in [0.25, 0.3) is 5.91 Å². The minimum atomic E-state index is -0.178. The topological polar surface area (TPSA) is 52.6 Å². The first kappa shape index (κ1) is 15.7. The van der Waals surface area contributed by atoms with Gasteiger partial charge in [0.05, 0.1) is 34.7 Å². The predicted molar refractivity (Wildman–Crippen MR) is 74.4 cm³/mol. The summed E-state index contributed by atoms with van der Waals surface area (Å²) in [5.74, 6) is 0.0219. The molecule has 1 amide bonds. The van der Waals surface area contributed by atoms with Crippen LogP contribution in [0, 0.1) is 5.92 Å². The zero-order valence-corrected chi connectivity index (χ0v) is 12.3. The summed E-state index contributed by atoms with van der Waals surface area (Å²) < 4.78 is 2.51. The van der Waals surface area contributed by atoms with Crippen molar-refractivity contribution in [3.05, 3.63) is 11.8 Å². The maximum atomic E-state index is 11.4. The molecule has 0 atom stereocenters. The van der Waals surface area contributed by atoms with Crippen LogP contribution in [0.1, 0.15) is 26.7 Å². The molecule has 1 aliphatic heterocycles. The van der Waals surface area contributed by atoms with Gasteiger partial charge in [0.15, 0.2) is 0 Å². The summed E-state index contributed by atoms with van der Waals surface area (Å²) in [4.78, 5) is 13.6. The van der Waals surface area contributed by atoms with E-state index in [1.807, 2.05) is 13.8 Å². The van der Waals surface area contributed by atoms with Crippen LogP contribution in [0.15, 0.2) is 11.8 Å². The number of aliphatic hydroxyl groups excluding tert-OH is 1. The molecule has 5 heteroatoms. The van der Waals surface area contributed by atoms with E-state index in [0.29, 0.717) is 5.57 Å². The predicted octanol–water partition coefficient (Wildman–Crippen LogP) is 2.26. The van der Waals surface area contributed by atoms with E-state index in [9.17, 15) is 4.79 Å². The van der Waals surface area contributed by atoms with Gasteiger partial charge in [-0.05, 0) is 38.9 Å². The lowest BCUT2D eigenvalue weighted by Gasteiger charge is -2.29. The van der Waals surface area contributed by atoms with Gasteiger partial charge in [0, 0.05) is 0 Å². The van der Waals surface area contributed by atoms with Gasteiger partial charge in [0.2, 0.25) is 0 Å². The normalized spacial score (nSPS) is 18.6. The lowest BCUT2D eigenvalue weighted by atomic mass is 9.89. The van der Waals surface area contributed by atoms with Crippen LogP contribution in [-0.4, -0.2) is 36.1 Å². The molecular weight excluding hydrogens is 319 g/mol. The van der Waals surface area contributed by atoms with Crippen molar-refractivity contribution in [2.45, 2.75) is 26.7 Å². The number of piperidine rings is 1. The molecule has 1 saturated heterocycles. The molecule has 0 aliphatic carbocycles. The molecule has 4 nitrogen and oxygen atoms in total. The highest BCUT2D eigenvalue weighted by molar-refractivity contribution is 14.1. The number of aliphatic hydroxyl groups is 1. The summed E-state index contributed by atoms with van der Waals surface area (Å²) in [6, 6.07) is 0. The zero-order chi connectivity index (χ0) is 12.6. The Kier molecular flexibility index (Phi) is 8.64. The highest BCUT2D eigenvalue weighted by Crippen LogP contribution is 2.23. The lowest BCUT2D eigenvalue weighted by molar-refractivity contribution is -0.116. The molecule has 0 aromatic carbocycles. The summed E-state index contributed by atoms with van der Waals surface area (Å²) in [5, 5.41) is 9.01. The number of hydrogen-bond donors (Lipinski definition) is 2. The van der Waals surface area contributed by atoms with Gasteiger partial charge in [-0.25, -0.2) is 0 Å². The minimum absolute atomic E-state index is 0.178. The smallest absolute Gasteiger partial charge is 0.259 e. The molecule has 1 aliphatic rings. The Labute approximate surface area is 112 Å². The van der Waals surface area contributed by atoms with Crippen LogP contribution in [0.4, 0.5) is 0 Å². The Bertz CT molecular complexity index is 236. The van der Waals surface area contributed by atoms with Gasteiger partial charge in [-0.1, -0.05) is 13.8 Å². The van der Waals surface area contributed by atoms with Gasteiger partial charge in [0.1, 0.15) is 0 Å². The van der Waals surface area contributed by atoms with E-state index in [-0.39, 0.29) is 11.8 Å². The molecule has 1 fully saturated rings. The number of halogens is 1. The fourth-order valence-electron chi connectivity index (χ4n) is 1.72. The monoisotopic (exact) mass is 340 g/mol. The number of amides is 1. The second-order valence-electron chi connectivity index (χ2n) is 3.59. The number of likely N-dealkylation sites (tertiary alicyclic amines) is 1. The van der Waals surface area contributed by atoms with Crippen LogP contribution in [0.3, 0.4) is 0 Å². The molecule has 0 spiro atoms. The third kappa shape index (κ3) is 4.69. The number of nitrogens with one attached hydrogen (secondary N) is 1. The molecule has 0 aromatic rings. The molecule has 0 bridgehead atoms. The summed E-state index contributed by atoms with van der Waals surface area (Å²) >= 11 is 1.79. The molecule has 94 valence electrons. The van der Waals surface area contributed by atoms with E-state index >= 15 is 0 Å². The summed E-state index contributed by atoms with van der Waals surface area (Å²) in [6.07, 6.45) is 2.82. The molecule has 0 unspecified atom stereocenters. The van der Waals surface area contributed by atoms with E-state index in [1.165, 1.54) is 0 Å². The molecule has 0 aromatic heterocycles. The van der Waals surface area contributed by atoms with E-state index in [2.05, 4.69) is 15.5 Å². The largest absolute Gasteiger partial charge is 0.515 e.